The van der Waals surface area contributed by atoms with E-state index in [1.165, 1.54) is 11.8 Å². The molecule has 1 atom stereocenters. The van der Waals surface area contributed by atoms with Gasteiger partial charge in [-0.1, -0.05) is 49.3 Å². The van der Waals surface area contributed by atoms with Gasteiger partial charge in [-0.05, 0) is 43.2 Å². The number of fused-ring (bicyclic) bond motifs is 2. The van der Waals surface area contributed by atoms with Crippen molar-refractivity contribution in [2.24, 2.45) is 5.92 Å². The third-order valence-corrected chi connectivity index (χ3v) is 6.06. The first-order valence-corrected chi connectivity index (χ1v) is 10.9. The summed E-state index contributed by atoms with van der Waals surface area (Å²) < 4.78 is 1.68. The minimum absolute atomic E-state index is 0.120. The molecule has 0 saturated carbocycles. The maximum absolute atomic E-state index is 13.2. The highest BCUT2D eigenvalue weighted by Gasteiger charge is 2.19. The molecule has 0 fully saturated rings. The van der Waals surface area contributed by atoms with Crippen molar-refractivity contribution in [3.63, 3.8) is 0 Å². The monoisotopic (exact) mass is 440 g/mol. The number of hydrogen-bond acceptors (Lipinski definition) is 5. The lowest BCUT2D eigenvalue weighted by molar-refractivity contribution is 0.474. The molecule has 2 heterocycles. The zero-order valence-corrected chi connectivity index (χ0v) is 18.4. The van der Waals surface area contributed by atoms with Gasteiger partial charge in [0.25, 0.3) is 11.1 Å². The Morgan fingerprint density at radius 3 is 2.53 bits per heavy atom. The summed E-state index contributed by atoms with van der Waals surface area (Å²) in [6.45, 7) is 6.57. The first-order valence-electron chi connectivity index (χ1n) is 9.69. The van der Waals surface area contributed by atoms with Crippen molar-refractivity contribution in [2.45, 2.75) is 37.7 Å². The van der Waals surface area contributed by atoms with E-state index in [2.05, 4.69) is 23.8 Å². The van der Waals surface area contributed by atoms with Crippen LogP contribution in [0, 0.1) is 5.92 Å². The van der Waals surface area contributed by atoms with E-state index in [1.54, 1.807) is 28.8 Å². The predicted molar refractivity (Wildman–Crippen MR) is 122 cm³/mol. The Kier molecular flexibility index (Phi) is 5.66. The van der Waals surface area contributed by atoms with Crippen molar-refractivity contribution in [1.82, 2.24) is 19.5 Å². The van der Waals surface area contributed by atoms with Crippen LogP contribution in [0.5, 0.6) is 0 Å². The number of para-hydroxylation sites is 1. The topological polar surface area (TPSA) is 80.6 Å². The molecule has 4 rings (SSSR count). The van der Waals surface area contributed by atoms with Gasteiger partial charge in [-0.25, -0.2) is 9.97 Å². The maximum atomic E-state index is 13.2. The molecule has 0 aliphatic heterocycles. The fourth-order valence-electron chi connectivity index (χ4n) is 3.30. The van der Waals surface area contributed by atoms with Gasteiger partial charge in [0.05, 0.1) is 27.1 Å². The fraction of sp³-hybridized carbons (Fsp3) is 0.273. The lowest BCUT2D eigenvalue weighted by Gasteiger charge is -2.17. The van der Waals surface area contributed by atoms with E-state index in [4.69, 9.17) is 16.6 Å². The summed E-state index contributed by atoms with van der Waals surface area (Å²) in [6.07, 6.45) is 0. The van der Waals surface area contributed by atoms with Crippen LogP contribution < -0.4 is 11.1 Å². The third kappa shape index (κ3) is 4.00. The number of aromatic amines is 1. The van der Waals surface area contributed by atoms with Gasteiger partial charge in [-0.15, -0.1) is 0 Å². The number of thioether (sulfide) groups is 1. The normalized spacial score (nSPS) is 12.7. The van der Waals surface area contributed by atoms with Gasteiger partial charge in [-0.3, -0.25) is 14.2 Å². The summed E-state index contributed by atoms with van der Waals surface area (Å²) in [6, 6.07) is 12.4. The minimum atomic E-state index is -0.211. The van der Waals surface area contributed by atoms with E-state index in [0.29, 0.717) is 44.4 Å². The van der Waals surface area contributed by atoms with Gasteiger partial charge in [0, 0.05) is 11.6 Å². The molecule has 0 radical (unpaired) electrons. The van der Waals surface area contributed by atoms with Crippen LogP contribution in [0.2, 0.25) is 5.02 Å². The molecule has 0 amide bonds. The molecule has 6 nitrogen and oxygen atoms in total. The van der Waals surface area contributed by atoms with Gasteiger partial charge < -0.3 is 4.98 Å². The average Bonchev–Trinajstić information content (AvgIpc) is 2.71. The van der Waals surface area contributed by atoms with Crippen LogP contribution in [-0.2, 0) is 6.54 Å². The van der Waals surface area contributed by atoms with Crippen LogP contribution >= 0.6 is 23.4 Å². The summed E-state index contributed by atoms with van der Waals surface area (Å²) >= 11 is 7.49. The highest BCUT2D eigenvalue weighted by Crippen LogP contribution is 2.32. The number of benzene rings is 2. The lowest BCUT2D eigenvalue weighted by atomic mass is 10.2. The van der Waals surface area contributed by atoms with Crippen LogP contribution in [0.3, 0.4) is 0 Å². The molecule has 2 aromatic heterocycles. The Balaban J connectivity index is 1.80. The molecule has 1 N–H and O–H groups in total. The van der Waals surface area contributed by atoms with Crippen LogP contribution in [0.1, 0.15) is 31.8 Å². The molecule has 0 aliphatic carbocycles. The second kappa shape index (κ2) is 8.24. The number of aromatic nitrogens is 4. The predicted octanol–water partition coefficient (Wildman–Crippen LogP) is 4.80. The summed E-state index contributed by atoms with van der Waals surface area (Å²) in [4.78, 5) is 37.8. The molecule has 0 saturated heterocycles. The number of rotatable bonds is 5. The van der Waals surface area contributed by atoms with E-state index in [9.17, 15) is 9.59 Å². The van der Waals surface area contributed by atoms with Crippen molar-refractivity contribution >= 4 is 45.2 Å². The van der Waals surface area contributed by atoms with Gasteiger partial charge in [0.2, 0.25) is 0 Å². The second-order valence-corrected chi connectivity index (χ2v) is 9.34. The largest absolute Gasteiger partial charge is 0.309 e. The number of halogens is 1. The average molecular weight is 441 g/mol. The second-order valence-electron chi connectivity index (χ2n) is 7.59. The third-order valence-electron chi connectivity index (χ3n) is 4.73. The van der Waals surface area contributed by atoms with Crippen molar-refractivity contribution < 1.29 is 0 Å². The molecule has 0 bridgehead atoms. The van der Waals surface area contributed by atoms with E-state index in [0.717, 1.165) is 0 Å². The smallest absolute Gasteiger partial charge is 0.262 e. The van der Waals surface area contributed by atoms with Crippen molar-refractivity contribution in [3.8, 4) is 0 Å². The summed E-state index contributed by atoms with van der Waals surface area (Å²) in [7, 11) is 0. The number of nitrogens with one attached hydrogen (secondary N) is 1. The van der Waals surface area contributed by atoms with Crippen LogP contribution in [-0.4, -0.2) is 19.5 Å². The van der Waals surface area contributed by atoms with Crippen molar-refractivity contribution in [2.75, 3.05) is 0 Å². The van der Waals surface area contributed by atoms with Crippen LogP contribution in [0.15, 0.2) is 57.2 Å². The van der Waals surface area contributed by atoms with Gasteiger partial charge in [-0.2, -0.15) is 0 Å². The standard InChI is InChI=1S/C22H21ClN4O2S/c1-12(2)11-27-21(29)16-10-14(23)8-9-18(16)25-22(27)30-13(3)19-24-17-7-5-4-6-15(17)20(28)26-19/h4-10,12-13H,11H2,1-3H3,(H,24,26,28). The molecule has 4 aromatic rings. The molecule has 1 unspecified atom stereocenters. The van der Waals surface area contributed by atoms with E-state index in [-0.39, 0.29) is 22.3 Å². The zero-order chi connectivity index (χ0) is 21.4. The van der Waals surface area contributed by atoms with Crippen molar-refractivity contribution in [1.29, 1.82) is 0 Å². The van der Waals surface area contributed by atoms with E-state index < -0.39 is 0 Å². The highest BCUT2D eigenvalue weighted by atomic mass is 35.5. The molecule has 8 heteroatoms. The Hall–Kier alpha value is -2.64. The van der Waals surface area contributed by atoms with E-state index >= 15 is 0 Å². The van der Waals surface area contributed by atoms with Crippen LogP contribution in [0.25, 0.3) is 21.8 Å². The molecule has 2 aromatic carbocycles. The molecular formula is C22H21ClN4O2S. The summed E-state index contributed by atoms with van der Waals surface area (Å²) in [5.41, 5.74) is 0.943. The van der Waals surface area contributed by atoms with Crippen molar-refractivity contribution in [3.05, 3.63) is 74.0 Å². The van der Waals surface area contributed by atoms with Gasteiger partial charge >= 0.3 is 0 Å². The van der Waals surface area contributed by atoms with E-state index in [1.807, 2.05) is 25.1 Å². The highest BCUT2D eigenvalue weighted by molar-refractivity contribution is 7.99. The van der Waals surface area contributed by atoms with Crippen LogP contribution in [0.4, 0.5) is 0 Å². The Bertz CT molecular complexity index is 1360. The number of H-pyrrole nitrogens is 1. The number of nitrogens with zero attached hydrogens (tertiary/aromatic N) is 3. The molecule has 0 spiro atoms. The molecule has 0 aliphatic rings. The Morgan fingerprint density at radius 1 is 1.03 bits per heavy atom. The minimum Gasteiger partial charge on any atom is -0.309 e. The summed E-state index contributed by atoms with van der Waals surface area (Å²) in [5, 5.41) is 1.93. The summed E-state index contributed by atoms with van der Waals surface area (Å²) in [5.74, 6) is 0.805. The Labute approximate surface area is 182 Å². The fourth-order valence-corrected chi connectivity index (χ4v) is 4.45. The number of hydrogen-bond donors (Lipinski definition) is 1. The SMILES string of the molecule is CC(C)Cn1c(SC(C)c2nc3ccccc3c(=O)[nH]2)nc2ccc(Cl)cc2c1=O. The van der Waals surface area contributed by atoms with Gasteiger partial charge in [0.1, 0.15) is 5.82 Å². The Morgan fingerprint density at radius 2 is 1.77 bits per heavy atom. The first kappa shape index (κ1) is 20.6. The molecular weight excluding hydrogens is 420 g/mol. The maximum Gasteiger partial charge on any atom is 0.262 e. The first-order chi connectivity index (χ1) is 14.3. The quantitative estimate of drug-likeness (QED) is 0.356. The molecule has 154 valence electrons. The lowest BCUT2D eigenvalue weighted by Crippen LogP contribution is -2.25. The van der Waals surface area contributed by atoms with Gasteiger partial charge in [0.15, 0.2) is 5.16 Å². The molecule has 30 heavy (non-hydrogen) atoms. The zero-order valence-electron chi connectivity index (χ0n) is 16.8.